The Morgan fingerprint density at radius 1 is 1.35 bits per heavy atom. The number of benzene rings is 1. The summed E-state index contributed by atoms with van der Waals surface area (Å²) in [6, 6.07) is 8.98. The molecule has 0 aromatic heterocycles. The maximum Gasteiger partial charge on any atom is 0.0351 e. The molecule has 3 heteroatoms. The van der Waals surface area contributed by atoms with Gasteiger partial charge in [0.2, 0.25) is 0 Å². The van der Waals surface area contributed by atoms with E-state index in [1.165, 1.54) is 12.1 Å². The number of nitrogens with zero attached hydrogens (tertiary/aromatic N) is 1. The van der Waals surface area contributed by atoms with Crippen LogP contribution >= 0.6 is 15.9 Å². The minimum atomic E-state index is 0.671. The normalized spacial score (nSPS) is 12.8. The maximum atomic E-state index is 3.48. The zero-order valence-corrected chi connectivity index (χ0v) is 12.6. The number of hydrogen-bond acceptors (Lipinski definition) is 2. The molecule has 0 amide bonds. The first-order valence-electron chi connectivity index (χ1n) is 6.40. The lowest BCUT2D eigenvalue weighted by molar-refractivity contribution is 0.223. The van der Waals surface area contributed by atoms with Crippen molar-refractivity contribution in [3.63, 3.8) is 0 Å². The summed E-state index contributed by atoms with van der Waals surface area (Å²) in [6.45, 7) is 9.98. The quantitative estimate of drug-likeness (QED) is 0.819. The van der Waals surface area contributed by atoms with Crippen molar-refractivity contribution in [1.29, 1.82) is 0 Å². The van der Waals surface area contributed by atoms with Gasteiger partial charge in [0, 0.05) is 29.3 Å². The number of halogens is 1. The molecule has 1 aromatic carbocycles. The molecule has 0 aliphatic rings. The highest BCUT2D eigenvalue weighted by molar-refractivity contribution is 9.10. The van der Waals surface area contributed by atoms with Gasteiger partial charge in [-0.15, -0.1) is 0 Å². The lowest BCUT2D eigenvalue weighted by Gasteiger charge is -2.27. The molecule has 1 aromatic rings. The highest BCUT2D eigenvalue weighted by Gasteiger charge is 2.08. The zero-order valence-electron chi connectivity index (χ0n) is 11.0. The Hall–Kier alpha value is -0.540. The van der Waals surface area contributed by atoms with Crippen LogP contribution in [0, 0.1) is 0 Å². The van der Waals surface area contributed by atoms with Gasteiger partial charge in [-0.2, -0.15) is 0 Å². The van der Waals surface area contributed by atoms with Crippen LogP contribution in [0.2, 0.25) is 0 Å². The second kappa shape index (κ2) is 7.72. The lowest BCUT2D eigenvalue weighted by atomic mass is 10.2. The SMILES string of the molecule is CCC(C)N(CC)CCNc1cccc(Br)c1. The predicted molar refractivity (Wildman–Crippen MR) is 79.6 cm³/mol. The summed E-state index contributed by atoms with van der Waals surface area (Å²) in [5.74, 6) is 0. The second-order valence-corrected chi connectivity index (χ2v) is 5.24. The molecule has 1 atom stereocenters. The van der Waals surface area contributed by atoms with Crippen LogP contribution in [0.1, 0.15) is 27.2 Å². The summed E-state index contributed by atoms with van der Waals surface area (Å²) in [5.41, 5.74) is 1.18. The molecule has 1 unspecified atom stereocenters. The van der Waals surface area contributed by atoms with Gasteiger partial charge in [-0.1, -0.05) is 35.8 Å². The molecule has 0 fully saturated rings. The van der Waals surface area contributed by atoms with E-state index < -0.39 is 0 Å². The molecule has 1 N–H and O–H groups in total. The minimum Gasteiger partial charge on any atom is -0.384 e. The van der Waals surface area contributed by atoms with Gasteiger partial charge in [-0.3, -0.25) is 4.90 Å². The summed E-state index contributed by atoms with van der Waals surface area (Å²) < 4.78 is 1.12. The van der Waals surface area contributed by atoms with E-state index in [0.717, 1.165) is 24.1 Å². The number of nitrogens with one attached hydrogen (secondary N) is 1. The Morgan fingerprint density at radius 2 is 2.12 bits per heavy atom. The van der Waals surface area contributed by atoms with Crippen molar-refractivity contribution in [2.45, 2.75) is 33.2 Å². The van der Waals surface area contributed by atoms with Crippen molar-refractivity contribution in [3.8, 4) is 0 Å². The van der Waals surface area contributed by atoms with Crippen molar-refractivity contribution < 1.29 is 0 Å². The second-order valence-electron chi connectivity index (χ2n) is 4.32. The molecule has 0 saturated heterocycles. The number of hydrogen-bond donors (Lipinski definition) is 1. The zero-order chi connectivity index (χ0) is 12.7. The van der Waals surface area contributed by atoms with E-state index in [2.05, 4.69) is 65.1 Å². The Kier molecular flexibility index (Phi) is 6.60. The molecular formula is C14H23BrN2. The van der Waals surface area contributed by atoms with E-state index in [4.69, 9.17) is 0 Å². The summed E-state index contributed by atoms with van der Waals surface area (Å²) >= 11 is 3.48. The summed E-state index contributed by atoms with van der Waals surface area (Å²) in [5, 5.41) is 3.46. The molecule has 1 rings (SSSR count). The van der Waals surface area contributed by atoms with Crippen molar-refractivity contribution in [2.75, 3.05) is 25.0 Å². The Balaban J connectivity index is 2.36. The van der Waals surface area contributed by atoms with Crippen molar-refractivity contribution in [1.82, 2.24) is 4.90 Å². The highest BCUT2D eigenvalue weighted by atomic mass is 79.9. The Labute approximate surface area is 114 Å². The molecule has 0 aliphatic heterocycles. The third-order valence-electron chi connectivity index (χ3n) is 3.17. The maximum absolute atomic E-state index is 3.48. The van der Waals surface area contributed by atoms with Crippen LogP contribution in [0.4, 0.5) is 5.69 Å². The van der Waals surface area contributed by atoms with Crippen molar-refractivity contribution in [3.05, 3.63) is 28.7 Å². The molecule has 0 spiro atoms. The molecule has 2 nitrogen and oxygen atoms in total. The van der Waals surface area contributed by atoms with Crippen LogP contribution in [0.25, 0.3) is 0 Å². The van der Waals surface area contributed by atoms with Gasteiger partial charge in [0.1, 0.15) is 0 Å². The molecule has 0 radical (unpaired) electrons. The van der Waals surface area contributed by atoms with Gasteiger partial charge >= 0.3 is 0 Å². The largest absolute Gasteiger partial charge is 0.384 e. The monoisotopic (exact) mass is 298 g/mol. The third-order valence-corrected chi connectivity index (χ3v) is 3.67. The number of anilines is 1. The average Bonchev–Trinajstić information content (AvgIpc) is 2.34. The number of rotatable bonds is 7. The van der Waals surface area contributed by atoms with E-state index in [9.17, 15) is 0 Å². The van der Waals surface area contributed by atoms with Crippen molar-refractivity contribution in [2.24, 2.45) is 0 Å². The van der Waals surface area contributed by atoms with E-state index in [1.807, 2.05) is 6.07 Å². The van der Waals surface area contributed by atoms with Crippen LogP contribution < -0.4 is 5.32 Å². The van der Waals surface area contributed by atoms with Crippen LogP contribution in [0.5, 0.6) is 0 Å². The Bertz CT molecular complexity index is 328. The van der Waals surface area contributed by atoms with Crippen LogP contribution in [0.3, 0.4) is 0 Å². The highest BCUT2D eigenvalue weighted by Crippen LogP contribution is 2.15. The molecule has 0 bridgehead atoms. The summed E-state index contributed by atoms with van der Waals surface area (Å²) in [4.78, 5) is 2.50. The van der Waals surface area contributed by atoms with Crippen LogP contribution in [0.15, 0.2) is 28.7 Å². The van der Waals surface area contributed by atoms with Gasteiger partial charge < -0.3 is 5.32 Å². The summed E-state index contributed by atoms with van der Waals surface area (Å²) in [6.07, 6.45) is 1.21. The smallest absolute Gasteiger partial charge is 0.0351 e. The number of likely N-dealkylation sites (N-methyl/N-ethyl adjacent to an activating group) is 1. The predicted octanol–water partition coefficient (Wildman–Crippen LogP) is 3.98. The van der Waals surface area contributed by atoms with E-state index in [0.29, 0.717) is 6.04 Å². The minimum absolute atomic E-state index is 0.671. The molecular weight excluding hydrogens is 276 g/mol. The van der Waals surface area contributed by atoms with E-state index >= 15 is 0 Å². The molecule has 0 aliphatic carbocycles. The average molecular weight is 299 g/mol. The summed E-state index contributed by atoms with van der Waals surface area (Å²) in [7, 11) is 0. The Morgan fingerprint density at radius 3 is 2.71 bits per heavy atom. The van der Waals surface area contributed by atoms with Crippen LogP contribution in [-0.2, 0) is 0 Å². The van der Waals surface area contributed by atoms with Crippen molar-refractivity contribution >= 4 is 21.6 Å². The van der Waals surface area contributed by atoms with E-state index in [-0.39, 0.29) is 0 Å². The van der Waals surface area contributed by atoms with Gasteiger partial charge in [0.05, 0.1) is 0 Å². The topological polar surface area (TPSA) is 15.3 Å². The molecule has 17 heavy (non-hydrogen) atoms. The first kappa shape index (κ1) is 14.5. The standard InChI is InChI=1S/C14H23BrN2/c1-4-12(3)17(5-2)10-9-16-14-8-6-7-13(15)11-14/h6-8,11-12,16H,4-5,9-10H2,1-3H3. The molecule has 0 saturated carbocycles. The molecule has 96 valence electrons. The lowest BCUT2D eigenvalue weighted by Crippen LogP contribution is -2.36. The first-order valence-corrected chi connectivity index (χ1v) is 7.20. The fourth-order valence-electron chi connectivity index (χ4n) is 1.89. The first-order chi connectivity index (χ1) is 8.17. The van der Waals surface area contributed by atoms with Gasteiger partial charge in [0.25, 0.3) is 0 Å². The fraction of sp³-hybridized carbons (Fsp3) is 0.571. The van der Waals surface area contributed by atoms with Crippen LogP contribution in [-0.4, -0.2) is 30.6 Å². The molecule has 0 heterocycles. The van der Waals surface area contributed by atoms with Gasteiger partial charge in [-0.25, -0.2) is 0 Å². The van der Waals surface area contributed by atoms with Gasteiger partial charge in [-0.05, 0) is 38.1 Å². The fourth-order valence-corrected chi connectivity index (χ4v) is 2.29. The van der Waals surface area contributed by atoms with Gasteiger partial charge in [0.15, 0.2) is 0 Å². The third kappa shape index (κ3) is 5.09. The van der Waals surface area contributed by atoms with E-state index in [1.54, 1.807) is 0 Å².